The second-order valence-corrected chi connectivity index (χ2v) is 18.6. The summed E-state index contributed by atoms with van der Waals surface area (Å²) in [6, 6.07) is 17.1. The Balaban J connectivity index is 1.05. The molecule has 3 aromatic rings. The van der Waals surface area contributed by atoms with E-state index in [1.807, 2.05) is 18.2 Å². The molecule has 6 atom stereocenters. The number of thiophene rings is 1. The molecule has 5 aliphatic rings. The Bertz CT molecular complexity index is 2010. The van der Waals surface area contributed by atoms with Crippen molar-refractivity contribution in [1.82, 2.24) is 20.0 Å². The lowest BCUT2D eigenvalue weighted by Crippen LogP contribution is -2.59. The summed E-state index contributed by atoms with van der Waals surface area (Å²) in [6.45, 7) is 0.629. The average Bonchev–Trinajstić information content (AvgIpc) is 3.42. The molecule has 53 heavy (non-hydrogen) atoms. The largest absolute Gasteiger partial charge is 0.363 e. The molecule has 3 N–H and O–H groups in total. The molecule has 11 nitrogen and oxygen atoms in total. The first kappa shape index (κ1) is 36.3. The number of rotatable bonds is 8. The van der Waals surface area contributed by atoms with Gasteiger partial charge in [-0.05, 0) is 106 Å². The molecule has 14 heteroatoms. The number of alkyl halides is 1. The van der Waals surface area contributed by atoms with Crippen LogP contribution < -0.4 is 5.32 Å². The number of halogens is 1. The lowest BCUT2D eigenvalue weighted by Gasteiger charge is -2.46. The number of hydrogen-bond donors (Lipinski definition) is 3. The van der Waals surface area contributed by atoms with Gasteiger partial charge in [0.1, 0.15) is 12.1 Å². The second kappa shape index (κ2) is 13.9. The second-order valence-electron chi connectivity index (χ2n) is 15.9. The molecule has 0 radical (unpaired) electrons. The molecular weight excluding hydrogens is 716 g/mol. The van der Waals surface area contributed by atoms with Gasteiger partial charge in [0.2, 0.25) is 17.7 Å². The fraction of sp³-hybridized carbons (Fsp3) is 0.538. The van der Waals surface area contributed by atoms with Gasteiger partial charge in [0, 0.05) is 46.7 Å². The van der Waals surface area contributed by atoms with E-state index in [2.05, 4.69) is 40.4 Å². The van der Waals surface area contributed by atoms with Crippen molar-refractivity contribution >= 4 is 46.7 Å². The summed E-state index contributed by atoms with van der Waals surface area (Å²) >= 11 is 1.15. The van der Waals surface area contributed by atoms with Crippen molar-refractivity contribution in [2.75, 3.05) is 13.6 Å². The number of fused-ring (bicyclic) bond motifs is 2. The molecule has 8 rings (SSSR count). The Morgan fingerprint density at radius 1 is 1.06 bits per heavy atom. The van der Waals surface area contributed by atoms with E-state index in [1.54, 1.807) is 11.0 Å². The highest BCUT2D eigenvalue weighted by atomic mass is 32.1. The number of amides is 3. The summed E-state index contributed by atoms with van der Waals surface area (Å²) in [6.07, 6.45) is 7.49. The first-order valence-electron chi connectivity index (χ1n) is 18.7. The third kappa shape index (κ3) is 6.82. The maximum atomic E-state index is 14.7. The minimum atomic E-state index is -5.01. The number of nitrogens with zero attached hydrogens (tertiary/aromatic N) is 4. The van der Waals surface area contributed by atoms with Crippen LogP contribution in [0.3, 0.4) is 0 Å². The van der Waals surface area contributed by atoms with Gasteiger partial charge >= 0.3 is 7.60 Å². The Morgan fingerprint density at radius 2 is 1.81 bits per heavy atom. The molecule has 0 unspecified atom stereocenters. The lowest BCUT2D eigenvalue weighted by atomic mass is 9.79. The van der Waals surface area contributed by atoms with E-state index in [4.69, 9.17) is 0 Å². The zero-order chi connectivity index (χ0) is 37.2. The molecule has 3 saturated heterocycles. The predicted molar refractivity (Wildman–Crippen MR) is 198 cm³/mol. The Hall–Kier alpha value is -3.66. The summed E-state index contributed by atoms with van der Waals surface area (Å²) in [5.41, 5.74) is 0.895. The third-order valence-corrected chi connectivity index (χ3v) is 14.7. The third-order valence-electron chi connectivity index (χ3n) is 12.7. The standard InChI is InChI=1S/C39H45FN5O6PS/c1-43(30-15-23(16-30)21-41)28-8-10-31(42-36(46)34-18-26-17-25(7-12-33(26)53-34)35(40)52(49,50)51)37(47)45-29(19-28)9-11-32(45)38(48)44-22-27(20-39(44)13-14-39)24-5-3-2-4-6-24/h2-7,12,17-18,23,27-32,35H,8-11,13-16,19-20,22H2,1H3,(H,42,46)(H2,49,50,51)/t23?,27-,28+,29-,30?,31+,32+,35+/m1/s1. The van der Waals surface area contributed by atoms with Crippen molar-refractivity contribution in [3.63, 3.8) is 0 Å². The summed E-state index contributed by atoms with van der Waals surface area (Å²) in [5, 5.41) is 12.9. The van der Waals surface area contributed by atoms with Crippen LogP contribution in [0, 0.1) is 17.2 Å². The first-order chi connectivity index (χ1) is 25.3. The van der Waals surface area contributed by atoms with Crippen LogP contribution in [0.25, 0.3) is 10.1 Å². The minimum absolute atomic E-state index is 0.00461. The average molecular weight is 762 g/mol. The molecule has 4 heterocycles. The number of carbonyl (C=O) groups excluding carboxylic acids is 3. The van der Waals surface area contributed by atoms with Gasteiger partial charge in [-0.1, -0.05) is 36.4 Å². The van der Waals surface area contributed by atoms with Crippen LogP contribution in [-0.4, -0.2) is 91.5 Å². The van der Waals surface area contributed by atoms with Gasteiger partial charge in [-0.15, -0.1) is 11.3 Å². The van der Waals surface area contributed by atoms with Gasteiger partial charge in [-0.25, -0.2) is 4.39 Å². The highest BCUT2D eigenvalue weighted by molar-refractivity contribution is 7.51. The first-order valence-corrected chi connectivity index (χ1v) is 21.2. The van der Waals surface area contributed by atoms with E-state index in [9.17, 15) is 38.4 Å². The van der Waals surface area contributed by atoms with E-state index < -0.39 is 31.5 Å². The molecule has 0 bridgehead atoms. The van der Waals surface area contributed by atoms with Gasteiger partial charge in [-0.3, -0.25) is 18.9 Å². The van der Waals surface area contributed by atoms with Crippen molar-refractivity contribution in [3.8, 4) is 6.07 Å². The smallest absolute Gasteiger partial charge is 0.340 e. The normalized spacial score (nSPS) is 30.0. The summed E-state index contributed by atoms with van der Waals surface area (Å²) in [4.78, 5) is 68.3. The van der Waals surface area contributed by atoms with Crippen LogP contribution in [-0.2, 0) is 14.2 Å². The van der Waals surface area contributed by atoms with Crippen LogP contribution in [0.1, 0.15) is 96.8 Å². The van der Waals surface area contributed by atoms with E-state index in [0.717, 1.165) is 49.9 Å². The molecule has 3 aliphatic heterocycles. The minimum Gasteiger partial charge on any atom is -0.340 e. The van der Waals surface area contributed by atoms with Crippen molar-refractivity contribution in [1.29, 1.82) is 5.26 Å². The summed E-state index contributed by atoms with van der Waals surface area (Å²) in [7, 11) is -2.92. The highest BCUT2D eigenvalue weighted by Gasteiger charge is 2.58. The number of hydrogen-bond acceptors (Lipinski definition) is 7. The monoisotopic (exact) mass is 761 g/mol. The van der Waals surface area contributed by atoms with Gasteiger partial charge in [0.15, 0.2) is 0 Å². The SMILES string of the molecule is CN(C1CC(C#N)C1)[C@H]1CC[C@H](NC(=O)c2cc3cc([C@@H](F)P(=O)(O)O)ccc3s2)C(=O)N2[C@H](CC[C@H]2C(=O)N2C[C@H](c3ccccc3)CC23CC3)C1. The summed E-state index contributed by atoms with van der Waals surface area (Å²) in [5.74, 6) is -2.89. The van der Waals surface area contributed by atoms with Crippen LogP contribution in [0.5, 0.6) is 0 Å². The maximum Gasteiger partial charge on any atom is 0.363 e. The van der Waals surface area contributed by atoms with Crippen LogP contribution in [0.2, 0.25) is 0 Å². The van der Waals surface area contributed by atoms with Gasteiger partial charge in [-0.2, -0.15) is 5.26 Å². The Morgan fingerprint density at radius 3 is 2.51 bits per heavy atom. The van der Waals surface area contributed by atoms with Crippen molar-refractivity contribution in [2.24, 2.45) is 5.92 Å². The summed E-state index contributed by atoms with van der Waals surface area (Å²) < 4.78 is 26.7. The molecule has 2 aromatic carbocycles. The van der Waals surface area contributed by atoms with Crippen LogP contribution in [0.15, 0.2) is 54.6 Å². The van der Waals surface area contributed by atoms with E-state index >= 15 is 0 Å². The molecular formula is C39H45FN5O6PS. The van der Waals surface area contributed by atoms with E-state index in [0.29, 0.717) is 42.3 Å². The number of nitriles is 1. The lowest BCUT2D eigenvalue weighted by molar-refractivity contribution is -0.148. The molecule has 2 aliphatic carbocycles. The molecule has 3 amide bonds. The highest BCUT2D eigenvalue weighted by Crippen LogP contribution is 2.55. The number of benzene rings is 2. The van der Waals surface area contributed by atoms with Crippen molar-refractivity contribution < 1.29 is 33.1 Å². The van der Waals surface area contributed by atoms with Gasteiger partial charge in [0.25, 0.3) is 5.91 Å². The quantitative estimate of drug-likeness (QED) is 0.242. The van der Waals surface area contributed by atoms with Crippen LogP contribution in [0.4, 0.5) is 4.39 Å². The van der Waals surface area contributed by atoms with Gasteiger partial charge < -0.3 is 29.8 Å². The van der Waals surface area contributed by atoms with Crippen molar-refractivity contribution in [3.05, 3.63) is 70.6 Å². The van der Waals surface area contributed by atoms with Crippen LogP contribution >= 0.6 is 18.9 Å². The fourth-order valence-electron chi connectivity index (χ4n) is 9.48. The predicted octanol–water partition coefficient (Wildman–Crippen LogP) is 5.84. The molecule has 2 saturated carbocycles. The molecule has 1 spiro atoms. The number of nitrogens with one attached hydrogen (secondary N) is 1. The van der Waals surface area contributed by atoms with Gasteiger partial charge in [0.05, 0.1) is 10.9 Å². The Kier molecular flexibility index (Phi) is 9.51. The fourth-order valence-corrected chi connectivity index (χ4v) is 11.0. The molecule has 280 valence electrons. The zero-order valence-electron chi connectivity index (χ0n) is 29.6. The zero-order valence-corrected chi connectivity index (χ0v) is 31.4. The number of likely N-dealkylation sites (tertiary alicyclic amines) is 1. The molecule has 1 aromatic heterocycles. The van der Waals surface area contributed by atoms with Crippen molar-refractivity contribution in [2.45, 2.75) is 112 Å². The number of carbonyl (C=O) groups is 3. The Labute approximate surface area is 312 Å². The van der Waals surface area contributed by atoms with E-state index in [1.165, 1.54) is 23.8 Å². The maximum absolute atomic E-state index is 14.7. The van der Waals surface area contributed by atoms with E-state index in [-0.39, 0.29) is 57.8 Å². The molecule has 5 fully saturated rings. The topological polar surface area (TPSA) is 154 Å².